The van der Waals surface area contributed by atoms with Gasteiger partial charge in [0, 0.05) is 12.4 Å². The van der Waals surface area contributed by atoms with Crippen LogP contribution in [0.1, 0.15) is 76.2 Å². The lowest BCUT2D eigenvalue weighted by Crippen LogP contribution is -1.87. The molecule has 0 saturated carbocycles. The predicted octanol–water partition coefficient (Wildman–Crippen LogP) is 6.41. The van der Waals surface area contributed by atoms with Gasteiger partial charge in [-0.3, -0.25) is 4.98 Å². The minimum absolute atomic E-state index is 1.21. The van der Waals surface area contributed by atoms with E-state index in [1.54, 1.807) is 5.57 Å². The number of hydrogen-bond acceptors (Lipinski definition) is 1. The van der Waals surface area contributed by atoms with Crippen LogP contribution in [0.3, 0.4) is 0 Å². The van der Waals surface area contributed by atoms with Gasteiger partial charge in [0.1, 0.15) is 0 Å². The molecular weight excluding hydrogens is 266 g/mol. The van der Waals surface area contributed by atoms with E-state index in [4.69, 9.17) is 0 Å². The second kappa shape index (κ2) is 11.2. The van der Waals surface area contributed by atoms with Crippen LogP contribution in [0.2, 0.25) is 0 Å². The Balaban J connectivity index is 1.31. The summed E-state index contributed by atoms with van der Waals surface area (Å²) in [7, 11) is 0. The van der Waals surface area contributed by atoms with Crippen molar-refractivity contribution in [2.24, 2.45) is 0 Å². The van der Waals surface area contributed by atoms with E-state index in [0.717, 1.165) is 0 Å². The molecule has 0 spiro atoms. The highest BCUT2D eigenvalue weighted by Crippen LogP contribution is 2.18. The van der Waals surface area contributed by atoms with Crippen LogP contribution < -0.4 is 0 Å². The molecule has 1 aliphatic rings. The number of aromatic nitrogens is 1. The number of unbranched alkanes of at least 4 members (excludes halogenated alkanes) is 8. The van der Waals surface area contributed by atoms with E-state index in [0.29, 0.717) is 0 Å². The van der Waals surface area contributed by atoms with Crippen LogP contribution in [0, 0.1) is 0 Å². The Labute approximate surface area is 136 Å². The zero-order valence-electron chi connectivity index (χ0n) is 14.0. The van der Waals surface area contributed by atoms with E-state index < -0.39 is 0 Å². The Bertz CT molecular complexity index is 444. The molecule has 1 heterocycles. The minimum Gasteiger partial charge on any atom is -0.265 e. The van der Waals surface area contributed by atoms with Crippen molar-refractivity contribution in [3.63, 3.8) is 0 Å². The van der Waals surface area contributed by atoms with Crippen LogP contribution in [0.4, 0.5) is 0 Å². The maximum absolute atomic E-state index is 4.06. The van der Waals surface area contributed by atoms with Crippen molar-refractivity contribution in [2.75, 3.05) is 0 Å². The van der Waals surface area contributed by atoms with Crippen molar-refractivity contribution in [3.8, 4) is 0 Å². The van der Waals surface area contributed by atoms with Crippen molar-refractivity contribution in [1.29, 1.82) is 0 Å². The normalized spacial score (nSPS) is 13.5. The summed E-state index contributed by atoms with van der Waals surface area (Å²) in [5.41, 5.74) is 3.07. The molecule has 1 aliphatic carbocycles. The van der Waals surface area contributed by atoms with Gasteiger partial charge in [-0.05, 0) is 49.8 Å². The molecule has 1 aromatic heterocycles. The van der Waals surface area contributed by atoms with Crippen molar-refractivity contribution >= 4 is 0 Å². The smallest absolute Gasteiger partial charge is 0.0270 e. The largest absolute Gasteiger partial charge is 0.265 e. The molecular formula is C21H31N. The summed E-state index contributed by atoms with van der Waals surface area (Å²) in [5, 5.41) is 0. The summed E-state index contributed by atoms with van der Waals surface area (Å²) in [4.78, 5) is 4.06. The molecule has 0 aliphatic heterocycles. The lowest BCUT2D eigenvalue weighted by atomic mass is 10.0. The van der Waals surface area contributed by atoms with E-state index >= 15 is 0 Å². The third-order valence-electron chi connectivity index (χ3n) is 4.56. The van der Waals surface area contributed by atoms with Gasteiger partial charge in [-0.25, -0.2) is 0 Å². The van der Waals surface area contributed by atoms with Crippen LogP contribution in [0.5, 0.6) is 0 Å². The fourth-order valence-corrected chi connectivity index (χ4v) is 3.15. The van der Waals surface area contributed by atoms with E-state index in [1.165, 1.54) is 82.6 Å². The highest BCUT2D eigenvalue weighted by atomic mass is 14.6. The Morgan fingerprint density at radius 1 is 0.727 bits per heavy atom. The molecule has 0 amide bonds. The van der Waals surface area contributed by atoms with Crippen LogP contribution in [0.25, 0.3) is 0 Å². The Morgan fingerprint density at radius 2 is 1.32 bits per heavy atom. The topological polar surface area (TPSA) is 12.9 Å². The maximum Gasteiger partial charge on any atom is 0.0270 e. The molecule has 0 N–H and O–H groups in total. The van der Waals surface area contributed by atoms with Crippen LogP contribution in [-0.2, 0) is 6.42 Å². The fourth-order valence-electron chi connectivity index (χ4n) is 3.15. The van der Waals surface area contributed by atoms with Gasteiger partial charge in [-0.1, -0.05) is 68.7 Å². The first-order valence-electron chi connectivity index (χ1n) is 9.18. The minimum atomic E-state index is 1.21. The molecule has 0 saturated heterocycles. The van der Waals surface area contributed by atoms with E-state index in [1.807, 2.05) is 12.4 Å². The molecule has 0 bridgehead atoms. The van der Waals surface area contributed by atoms with Gasteiger partial charge in [0.15, 0.2) is 0 Å². The summed E-state index contributed by atoms with van der Waals surface area (Å²) in [5.74, 6) is 0. The second-order valence-corrected chi connectivity index (χ2v) is 6.49. The maximum atomic E-state index is 4.06. The average molecular weight is 297 g/mol. The Kier molecular flexibility index (Phi) is 8.67. The third-order valence-corrected chi connectivity index (χ3v) is 4.56. The van der Waals surface area contributed by atoms with Gasteiger partial charge >= 0.3 is 0 Å². The molecule has 0 fully saturated rings. The quantitative estimate of drug-likeness (QED) is 0.406. The highest BCUT2D eigenvalue weighted by molar-refractivity contribution is 5.22. The van der Waals surface area contributed by atoms with E-state index in [9.17, 15) is 0 Å². The van der Waals surface area contributed by atoms with Gasteiger partial charge < -0.3 is 0 Å². The van der Waals surface area contributed by atoms with Crippen molar-refractivity contribution in [3.05, 3.63) is 53.9 Å². The first-order valence-corrected chi connectivity index (χ1v) is 9.18. The van der Waals surface area contributed by atoms with E-state index in [2.05, 4.69) is 35.3 Å². The summed E-state index contributed by atoms with van der Waals surface area (Å²) in [6, 6.07) is 4.27. The first-order chi connectivity index (χ1) is 10.9. The molecule has 0 aromatic carbocycles. The first kappa shape index (κ1) is 17.0. The monoisotopic (exact) mass is 297 g/mol. The van der Waals surface area contributed by atoms with Gasteiger partial charge in [0.25, 0.3) is 0 Å². The van der Waals surface area contributed by atoms with Gasteiger partial charge in [-0.2, -0.15) is 0 Å². The molecule has 120 valence electrons. The zero-order chi connectivity index (χ0) is 15.3. The van der Waals surface area contributed by atoms with Crippen LogP contribution in [-0.4, -0.2) is 4.98 Å². The molecule has 2 rings (SSSR count). The number of rotatable bonds is 12. The van der Waals surface area contributed by atoms with Gasteiger partial charge in [0.05, 0.1) is 0 Å². The standard InChI is InChI=1S/C21H31N/c1(2-4-6-8-12-20-14-10-11-15-20)3-5-7-9-13-21-16-18-22-19-17-21/h10-11,14,16-19H,1-9,12-13,15H2. The molecule has 0 unspecified atom stereocenters. The van der Waals surface area contributed by atoms with Crippen molar-refractivity contribution in [1.82, 2.24) is 4.98 Å². The zero-order valence-corrected chi connectivity index (χ0v) is 14.0. The molecule has 0 radical (unpaired) electrons. The number of aryl methyl sites for hydroxylation is 1. The molecule has 1 aromatic rings. The summed E-state index contributed by atoms with van der Waals surface area (Å²) < 4.78 is 0. The second-order valence-electron chi connectivity index (χ2n) is 6.49. The number of allylic oxidation sites excluding steroid dienone is 4. The fraction of sp³-hybridized carbons (Fsp3) is 0.571. The lowest BCUT2D eigenvalue weighted by molar-refractivity contribution is 0.557. The number of hydrogen-bond donors (Lipinski definition) is 0. The number of pyridine rings is 1. The van der Waals surface area contributed by atoms with Crippen LogP contribution in [0.15, 0.2) is 48.3 Å². The molecule has 22 heavy (non-hydrogen) atoms. The average Bonchev–Trinajstić information content (AvgIpc) is 3.07. The number of nitrogens with zero attached hydrogens (tertiary/aromatic N) is 1. The molecule has 1 nitrogen and oxygen atoms in total. The van der Waals surface area contributed by atoms with Crippen molar-refractivity contribution < 1.29 is 0 Å². The molecule has 0 atom stereocenters. The SMILES string of the molecule is C1=CCC(CCCCCCCCCCCc2ccncc2)=C1. The van der Waals surface area contributed by atoms with Gasteiger partial charge in [0.2, 0.25) is 0 Å². The lowest BCUT2D eigenvalue weighted by Gasteiger charge is -2.04. The summed E-state index contributed by atoms with van der Waals surface area (Å²) >= 11 is 0. The summed E-state index contributed by atoms with van der Waals surface area (Å²) in [6.45, 7) is 0. The predicted molar refractivity (Wildman–Crippen MR) is 96.0 cm³/mol. The van der Waals surface area contributed by atoms with Crippen LogP contribution >= 0.6 is 0 Å². The molecule has 1 heteroatoms. The van der Waals surface area contributed by atoms with Crippen molar-refractivity contribution in [2.45, 2.75) is 77.0 Å². The van der Waals surface area contributed by atoms with Gasteiger partial charge in [-0.15, -0.1) is 0 Å². The third kappa shape index (κ3) is 7.59. The van der Waals surface area contributed by atoms with E-state index in [-0.39, 0.29) is 0 Å². The Hall–Kier alpha value is -1.37. The summed E-state index contributed by atoms with van der Waals surface area (Å²) in [6.07, 6.45) is 26.9. The Morgan fingerprint density at radius 3 is 1.91 bits per heavy atom. The highest BCUT2D eigenvalue weighted by Gasteiger charge is 1.99.